The zero-order chi connectivity index (χ0) is 20.2. The van der Waals surface area contributed by atoms with Crippen LogP contribution in [-0.2, 0) is 10.0 Å². The molecular formula is C19H23BrN2O4S. The Balaban J connectivity index is 2.28. The van der Waals surface area contributed by atoms with Crippen LogP contribution in [0.3, 0.4) is 0 Å². The second-order valence-corrected chi connectivity index (χ2v) is 8.99. The van der Waals surface area contributed by atoms with E-state index in [-0.39, 0.29) is 34.2 Å². The summed E-state index contributed by atoms with van der Waals surface area (Å²) in [6.07, 6.45) is 0. The first-order chi connectivity index (χ1) is 12.6. The number of carbonyl (C=O) groups is 1. The van der Waals surface area contributed by atoms with Gasteiger partial charge in [0.1, 0.15) is 10.6 Å². The smallest absolute Gasteiger partial charge is 0.251 e. The molecule has 0 saturated heterocycles. The van der Waals surface area contributed by atoms with Crippen molar-refractivity contribution in [2.24, 2.45) is 0 Å². The Kier molecular flexibility index (Phi) is 7.02. The van der Waals surface area contributed by atoms with Gasteiger partial charge in [-0.1, -0.05) is 28.1 Å². The van der Waals surface area contributed by atoms with Crippen LogP contribution in [0.25, 0.3) is 0 Å². The minimum atomic E-state index is -3.80. The standard InChI is InChI=1S/C19H23BrN2O4S/c1-12(2)22-27(24,25)18-11-15(7-10-17(18)26-4)19(23)21-13(3)14-5-8-16(20)9-6-14/h5-13,22H,1-4H3,(H,21,23). The van der Waals surface area contributed by atoms with E-state index < -0.39 is 10.0 Å². The number of hydrogen-bond donors (Lipinski definition) is 2. The summed E-state index contributed by atoms with van der Waals surface area (Å²) < 4.78 is 33.7. The lowest BCUT2D eigenvalue weighted by Crippen LogP contribution is -2.31. The van der Waals surface area contributed by atoms with Crippen molar-refractivity contribution < 1.29 is 17.9 Å². The highest BCUT2D eigenvalue weighted by Crippen LogP contribution is 2.25. The predicted molar refractivity (Wildman–Crippen MR) is 108 cm³/mol. The van der Waals surface area contributed by atoms with Gasteiger partial charge in [-0.3, -0.25) is 4.79 Å². The first kappa shape index (κ1) is 21.4. The summed E-state index contributed by atoms with van der Waals surface area (Å²) >= 11 is 3.38. The van der Waals surface area contributed by atoms with Gasteiger partial charge in [0.05, 0.1) is 13.2 Å². The van der Waals surface area contributed by atoms with Crippen molar-refractivity contribution in [3.8, 4) is 5.75 Å². The Morgan fingerprint density at radius 3 is 2.26 bits per heavy atom. The molecule has 0 saturated carbocycles. The van der Waals surface area contributed by atoms with E-state index in [1.165, 1.54) is 25.3 Å². The number of halogens is 1. The summed E-state index contributed by atoms with van der Waals surface area (Å²) in [4.78, 5) is 12.6. The Bertz CT molecular complexity index is 912. The number of ether oxygens (including phenoxy) is 1. The van der Waals surface area contributed by atoms with E-state index in [0.717, 1.165) is 10.0 Å². The van der Waals surface area contributed by atoms with Gasteiger partial charge < -0.3 is 10.1 Å². The summed E-state index contributed by atoms with van der Waals surface area (Å²) in [6, 6.07) is 11.4. The maximum absolute atomic E-state index is 12.6. The fraction of sp³-hybridized carbons (Fsp3) is 0.316. The molecule has 0 aliphatic rings. The number of benzene rings is 2. The molecule has 0 aromatic heterocycles. The summed E-state index contributed by atoms with van der Waals surface area (Å²) in [6.45, 7) is 5.31. The number of nitrogens with one attached hydrogen (secondary N) is 2. The maximum Gasteiger partial charge on any atom is 0.251 e. The molecule has 27 heavy (non-hydrogen) atoms. The van der Waals surface area contributed by atoms with Gasteiger partial charge in [-0.15, -0.1) is 0 Å². The van der Waals surface area contributed by atoms with E-state index in [9.17, 15) is 13.2 Å². The molecule has 1 amide bonds. The van der Waals surface area contributed by atoms with Crippen LogP contribution in [-0.4, -0.2) is 27.5 Å². The second-order valence-electron chi connectivity index (χ2n) is 6.39. The van der Waals surface area contributed by atoms with Gasteiger partial charge in [-0.2, -0.15) is 0 Å². The van der Waals surface area contributed by atoms with Crippen molar-refractivity contribution in [1.82, 2.24) is 10.0 Å². The van der Waals surface area contributed by atoms with Crippen LogP contribution in [0.5, 0.6) is 5.75 Å². The SMILES string of the molecule is COc1ccc(C(=O)NC(C)c2ccc(Br)cc2)cc1S(=O)(=O)NC(C)C. The second kappa shape index (κ2) is 8.86. The van der Waals surface area contributed by atoms with Crippen LogP contribution in [0.15, 0.2) is 51.8 Å². The quantitative estimate of drug-likeness (QED) is 0.668. The molecule has 0 radical (unpaired) electrons. The van der Waals surface area contributed by atoms with E-state index in [1.54, 1.807) is 13.8 Å². The van der Waals surface area contributed by atoms with Crippen LogP contribution in [0.1, 0.15) is 42.7 Å². The van der Waals surface area contributed by atoms with E-state index in [1.807, 2.05) is 31.2 Å². The summed E-state index contributed by atoms with van der Waals surface area (Å²) in [5.41, 5.74) is 1.18. The van der Waals surface area contributed by atoms with Crippen LogP contribution < -0.4 is 14.8 Å². The maximum atomic E-state index is 12.6. The van der Waals surface area contributed by atoms with Gasteiger partial charge >= 0.3 is 0 Å². The van der Waals surface area contributed by atoms with Crippen molar-refractivity contribution in [1.29, 1.82) is 0 Å². The summed E-state index contributed by atoms with van der Waals surface area (Å²) in [7, 11) is -2.42. The molecule has 1 atom stereocenters. The molecule has 0 aliphatic carbocycles. The Hall–Kier alpha value is -1.90. The zero-order valence-corrected chi connectivity index (χ0v) is 18.0. The molecule has 0 spiro atoms. The third kappa shape index (κ3) is 5.54. The molecule has 6 nitrogen and oxygen atoms in total. The van der Waals surface area contributed by atoms with Crippen molar-refractivity contribution in [2.75, 3.05) is 7.11 Å². The molecule has 0 heterocycles. The number of hydrogen-bond acceptors (Lipinski definition) is 4. The lowest BCUT2D eigenvalue weighted by Gasteiger charge is -2.16. The van der Waals surface area contributed by atoms with Crippen LogP contribution in [0, 0.1) is 0 Å². The van der Waals surface area contributed by atoms with Gasteiger partial charge in [-0.25, -0.2) is 13.1 Å². The van der Waals surface area contributed by atoms with Gasteiger partial charge in [0.2, 0.25) is 10.0 Å². The topological polar surface area (TPSA) is 84.5 Å². The fourth-order valence-corrected chi connectivity index (χ4v) is 4.23. The summed E-state index contributed by atoms with van der Waals surface area (Å²) in [5.74, 6) is -0.185. The molecule has 146 valence electrons. The molecule has 1 unspecified atom stereocenters. The Morgan fingerprint density at radius 1 is 1.07 bits per heavy atom. The highest BCUT2D eigenvalue weighted by atomic mass is 79.9. The fourth-order valence-electron chi connectivity index (χ4n) is 2.52. The van der Waals surface area contributed by atoms with Gasteiger partial charge in [-0.05, 0) is 56.7 Å². The number of carbonyl (C=O) groups excluding carboxylic acids is 1. The van der Waals surface area contributed by atoms with Crippen molar-refractivity contribution in [3.63, 3.8) is 0 Å². The van der Waals surface area contributed by atoms with Gasteiger partial charge in [0.15, 0.2) is 0 Å². The number of rotatable bonds is 7. The molecule has 8 heteroatoms. The van der Waals surface area contributed by atoms with E-state index in [4.69, 9.17) is 4.74 Å². The van der Waals surface area contributed by atoms with Crippen molar-refractivity contribution >= 4 is 31.9 Å². The number of sulfonamides is 1. The van der Waals surface area contributed by atoms with Crippen LogP contribution >= 0.6 is 15.9 Å². The molecule has 0 fully saturated rings. The molecule has 2 aromatic rings. The molecular weight excluding hydrogens is 432 g/mol. The summed E-state index contributed by atoms with van der Waals surface area (Å²) in [5, 5.41) is 2.88. The predicted octanol–water partition coefficient (Wildman–Crippen LogP) is 3.64. The lowest BCUT2D eigenvalue weighted by molar-refractivity contribution is 0.0939. The normalized spacial score (nSPS) is 12.7. The number of methoxy groups -OCH3 is 1. The van der Waals surface area contributed by atoms with E-state index in [0.29, 0.717) is 0 Å². The molecule has 0 bridgehead atoms. The highest BCUT2D eigenvalue weighted by Gasteiger charge is 2.23. The van der Waals surface area contributed by atoms with Crippen LogP contribution in [0.4, 0.5) is 0 Å². The number of amides is 1. The Morgan fingerprint density at radius 2 is 1.70 bits per heavy atom. The monoisotopic (exact) mass is 454 g/mol. The largest absolute Gasteiger partial charge is 0.495 e. The van der Waals surface area contributed by atoms with E-state index in [2.05, 4.69) is 26.0 Å². The highest BCUT2D eigenvalue weighted by molar-refractivity contribution is 9.10. The first-order valence-electron chi connectivity index (χ1n) is 8.40. The van der Waals surface area contributed by atoms with Crippen LogP contribution in [0.2, 0.25) is 0 Å². The average Bonchev–Trinajstić information content (AvgIpc) is 2.60. The van der Waals surface area contributed by atoms with Gasteiger partial charge in [0, 0.05) is 16.1 Å². The van der Waals surface area contributed by atoms with Crippen molar-refractivity contribution in [2.45, 2.75) is 37.8 Å². The van der Waals surface area contributed by atoms with Gasteiger partial charge in [0.25, 0.3) is 5.91 Å². The third-order valence-electron chi connectivity index (χ3n) is 3.82. The minimum Gasteiger partial charge on any atom is -0.495 e. The average molecular weight is 455 g/mol. The minimum absolute atomic E-state index is 0.0670. The molecule has 2 rings (SSSR count). The third-order valence-corrected chi connectivity index (χ3v) is 6.03. The molecule has 0 aliphatic heterocycles. The lowest BCUT2D eigenvalue weighted by atomic mass is 10.1. The van der Waals surface area contributed by atoms with Crippen molar-refractivity contribution in [3.05, 3.63) is 58.1 Å². The zero-order valence-electron chi connectivity index (χ0n) is 15.6. The molecule has 2 aromatic carbocycles. The van der Waals surface area contributed by atoms with E-state index >= 15 is 0 Å². The Labute approximate surface area is 168 Å². The molecule has 2 N–H and O–H groups in total. The first-order valence-corrected chi connectivity index (χ1v) is 10.7.